The van der Waals surface area contributed by atoms with Crippen molar-refractivity contribution in [3.05, 3.63) is 126 Å². The van der Waals surface area contributed by atoms with E-state index in [4.69, 9.17) is 9.47 Å². The third kappa shape index (κ3) is 5.33. The monoisotopic (exact) mass is 435 g/mol. The van der Waals surface area contributed by atoms with Crippen molar-refractivity contribution in [1.29, 1.82) is 0 Å². The molecule has 0 amide bonds. The summed E-state index contributed by atoms with van der Waals surface area (Å²) in [7, 11) is 0. The van der Waals surface area contributed by atoms with Gasteiger partial charge in [-0.15, -0.1) is 0 Å². The lowest BCUT2D eigenvalue weighted by Gasteiger charge is -2.22. The van der Waals surface area contributed by atoms with Crippen LogP contribution in [-0.2, 0) is 22.7 Å². The molecule has 1 fully saturated rings. The zero-order valence-electron chi connectivity index (χ0n) is 18.7. The Labute approximate surface area is 196 Å². The summed E-state index contributed by atoms with van der Waals surface area (Å²) >= 11 is 0. The van der Waals surface area contributed by atoms with E-state index in [9.17, 15) is 0 Å². The predicted octanol–water partition coefficient (Wildman–Crippen LogP) is 6.34. The molecule has 1 aliphatic rings. The summed E-state index contributed by atoms with van der Waals surface area (Å²) in [6, 6.07) is 39.9. The molecule has 0 bridgehead atoms. The Morgan fingerprint density at radius 3 is 1.55 bits per heavy atom. The molecule has 0 aromatic heterocycles. The van der Waals surface area contributed by atoms with Gasteiger partial charge in [0, 0.05) is 24.3 Å². The molecule has 4 aromatic rings. The molecule has 33 heavy (non-hydrogen) atoms. The molecule has 0 aliphatic carbocycles. The molecule has 5 rings (SSSR count). The number of anilines is 1. The standard InChI is InChI=1S/C30H29NO2/c1-4-12-24(13-5-1)22-32-29-20-31(21-30(29)33-23-25-14-6-2-7-15-25)28-19-11-10-18-27(28)26-16-8-3-9-17-26/h1-19,29-30H,20-23H2/t29-,30-/m0/s1. The van der Waals surface area contributed by atoms with E-state index in [2.05, 4.69) is 108 Å². The molecule has 1 aliphatic heterocycles. The Morgan fingerprint density at radius 2 is 1.00 bits per heavy atom. The van der Waals surface area contributed by atoms with Gasteiger partial charge < -0.3 is 14.4 Å². The fourth-order valence-corrected chi connectivity index (χ4v) is 4.43. The van der Waals surface area contributed by atoms with Crippen LogP contribution in [0.15, 0.2) is 115 Å². The van der Waals surface area contributed by atoms with Gasteiger partial charge in [-0.1, -0.05) is 109 Å². The molecule has 0 N–H and O–H groups in total. The molecule has 0 saturated carbocycles. The number of hydrogen-bond donors (Lipinski definition) is 0. The van der Waals surface area contributed by atoms with Gasteiger partial charge >= 0.3 is 0 Å². The van der Waals surface area contributed by atoms with E-state index in [0.29, 0.717) is 13.2 Å². The minimum Gasteiger partial charge on any atom is -0.369 e. The highest BCUT2D eigenvalue weighted by Gasteiger charge is 2.35. The molecule has 0 spiro atoms. The van der Waals surface area contributed by atoms with Crippen LogP contribution in [0.5, 0.6) is 0 Å². The second-order valence-electron chi connectivity index (χ2n) is 8.46. The number of hydrogen-bond acceptors (Lipinski definition) is 3. The minimum atomic E-state index is -0.00209. The van der Waals surface area contributed by atoms with Crippen molar-refractivity contribution in [3.63, 3.8) is 0 Å². The van der Waals surface area contributed by atoms with Gasteiger partial charge in [0.25, 0.3) is 0 Å². The summed E-state index contributed by atoms with van der Waals surface area (Å²) in [5, 5.41) is 0. The fourth-order valence-electron chi connectivity index (χ4n) is 4.43. The molecule has 2 atom stereocenters. The molecule has 1 saturated heterocycles. The number of para-hydroxylation sites is 1. The first-order valence-corrected chi connectivity index (χ1v) is 11.6. The maximum Gasteiger partial charge on any atom is 0.103 e. The van der Waals surface area contributed by atoms with Crippen molar-refractivity contribution in [2.45, 2.75) is 25.4 Å². The first-order valence-electron chi connectivity index (χ1n) is 11.6. The van der Waals surface area contributed by atoms with Crippen molar-refractivity contribution < 1.29 is 9.47 Å². The molecule has 3 nitrogen and oxygen atoms in total. The third-order valence-corrected chi connectivity index (χ3v) is 6.16. The summed E-state index contributed by atoms with van der Waals surface area (Å²) in [5.74, 6) is 0. The first-order chi connectivity index (χ1) is 16.4. The lowest BCUT2D eigenvalue weighted by Crippen LogP contribution is -2.29. The lowest BCUT2D eigenvalue weighted by molar-refractivity contribution is -0.0591. The predicted molar refractivity (Wildman–Crippen MR) is 134 cm³/mol. The summed E-state index contributed by atoms with van der Waals surface area (Å²) in [5.41, 5.74) is 6.06. The molecular formula is C30H29NO2. The minimum absolute atomic E-state index is 0.00209. The Morgan fingerprint density at radius 1 is 0.545 bits per heavy atom. The summed E-state index contributed by atoms with van der Waals surface area (Å²) in [4.78, 5) is 2.41. The van der Waals surface area contributed by atoms with Gasteiger partial charge in [0.2, 0.25) is 0 Å². The van der Waals surface area contributed by atoms with E-state index in [-0.39, 0.29) is 12.2 Å². The van der Waals surface area contributed by atoms with Crippen LogP contribution in [0.3, 0.4) is 0 Å². The molecule has 1 heterocycles. The maximum absolute atomic E-state index is 6.42. The van der Waals surface area contributed by atoms with Gasteiger partial charge in [-0.05, 0) is 22.8 Å². The van der Waals surface area contributed by atoms with Gasteiger partial charge in [-0.3, -0.25) is 0 Å². The second-order valence-corrected chi connectivity index (χ2v) is 8.46. The SMILES string of the molecule is c1ccc(CO[C@H]2CN(c3ccccc3-c3ccccc3)C[C@@H]2OCc2ccccc2)cc1. The van der Waals surface area contributed by atoms with E-state index in [0.717, 1.165) is 13.1 Å². The quantitative estimate of drug-likeness (QED) is 0.322. The number of ether oxygens (including phenoxy) is 2. The summed E-state index contributed by atoms with van der Waals surface area (Å²) in [6.07, 6.45) is -0.00417. The molecule has 4 aromatic carbocycles. The summed E-state index contributed by atoms with van der Waals surface area (Å²) < 4.78 is 12.8. The Balaban J connectivity index is 1.36. The fraction of sp³-hybridized carbons (Fsp3) is 0.200. The van der Waals surface area contributed by atoms with E-state index >= 15 is 0 Å². The van der Waals surface area contributed by atoms with Crippen LogP contribution < -0.4 is 4.90 Å². The number of benzene rings is 4. The van der Waals surface area contributed by atoms with Crippen molar-refractivity contribution >= 4 is 5.69 Å². The normalized spacial score (nSPS) is 17.9. The zero-order chi connectivity index (χ0) is 22.3. The van der Waals surface area contributed by atoms with Crippen LogP contribution in [0.4, 0.5) is 5.69 Å². The largest absolute Gasteiger partial charge is 0.369 e. The van der Waals surface area contributed by atoms with Crippen molar-refractivity contribution in [2.75, 3.05) is 18.0 Å². The smallest absolute Gasteiger partial charge is 0.103 e. The highest BCUT2D eigenvalue weighted by Crippen LogP contribution is 2.34. The Hall–Kier alpha value is -3.40. The van der Waals surface area contributed by atoms with Gasteiger partial charge in [0.1, 0.15) is 12.2 Å². The molecule has 0 radical (unpaired) electrons. The topological polar surface area (TPSA) is 21.7 Å². The van der Waals surface area contributed by atoms with Gasteiger partial charge in [-0.2, -0.15) is 0 Å². The average Bonchev–Trinajstić information content (AvgIpc) is 3.31. The van der Waals surface area contributed by atoms with Gasteiger partial charge in [-0.25, -0.2) is 0 Å². The molecular weight excluding hydrogens is 406 g/mol. The Kier molecular flexibility index (Phi) is 6.81. The van der Waals surface area contributed by atoms with Gasteiger partial charge in [0.15, 0.2) is 0 Å². The molecule has 3 heteroatoms. The van der Waals surface area contributed by atoms with Crippen LogP contribution >= 0.6 is 0 Å². The van der Waals surface area contributed by atoms with Crippen LogP contribution in [0.1, 0.15) is 11.1 Å². The van der Waals surface area contributed by atoms with Crippen LogP contribution in [0.25, 0.3) is 11.1 Å². The lowest BCUT2D eigenvalue weighted by atomic mass is 10.0. The maximum atomic E-state index is 6.42. The van der Waals surface area contributed by atoms with Crippen LogP contribution in [-0.4, -0.2) is 25.3 Å². The van der Waals surface area contributed by atoms with Crippen molar-refractivity contribution in [3.8, 4) is 11.1 Å². The van der Waals surface area contributed by atoms with Gasteiger partial charge in [0.05, 0.1) is 13.2 Å². The Bertz CT molecular complexity index is 1080. The second kappa shape index (κ2) is 10.5. The zero-order valence-corrected chi connectivity index (χ0v) is 18.7. The molecule has 0 unspecified atom stereocenters. The highest BCUT2D eigenvalue weighted by molar-refractivity contribution is 5.78. The van der Waals surface area contributed by atoms with Crippen molar-refractivity contribution in [1.82, 2.24) is 0 Å². The van der Waals surface area contributed by atoms with E-state index in [1.54, 1.807) is 0 Å². The highest BCUT2D eigenvalue weighted by atomic mass is 16.5. The average molecular weight is 436 g/mol. The van der Waals surface area contributed by atoms with E-state index in [1.807, 2.05) is 12.1 Å². The first kappa shape index (κ1) is 21.4. The third-order valence-electron chi connectivity index (χ3n) is 6.16. The number of rotatable bonds is 8. The van der Waals surface area contributed by atoms with Crippen LogP contribution in [0, 0.1) is 0 Å². The summed E-state index contributed by atoms with van der Waals surface area (Å²) in [6.45, 7) is 2.78. The van der Waals surface area contributed by atoms with E-state index < -0.39 is 0 Å². The van der Waals surface area contributed by atoms with Crippen LogP contribution in [0.2, 0.25) is 0 Å². The van der Waals surface area contributed by atoms with E-state index in [1.165, 1.54) is 27.9 Å². The molecule has 166 valence electrons. The number of nitrogens with zero attached hydrogens (tertiary/aromatic N) is 1. The van der Waals surface area contributed by atoms with Crippen molar-refractivity contribution in [2.24, 2.45) is 0 Å².